The molecule has 2 aromatic rings. The molecule has 0 aliphatic heterocycles. The third-order valence-electron chi connectivity index (χ3n) is 2.99. The topological polar surface area (TPSA) is 32.3 Å². The van der Waals surface area contributed by atoms with Crippen molar-refractivity contribution in [3.8, 4) is 0 Å². The molecule has 4 heteroatoms. The maximum Gasteiger partial charge on any atom is 0.241 e. The number of para-hydroxylation sites is 1. The first-order valence-electron chi connectivity index (χ1n) is 6.43. The third kappa shape index (κ3) is 4.00. The van der Waals surface area contributed by atoms with Crippen LogP contribution in [0.3, 0.4) is 0 Å². The SMILES string of the molecule is CN(Cc1ccccc1)C(=O)CNc1ccccc1Cl. The Morgan fingerprint density at radius 1 is 1.10 bits per heavy atom. The molecule has 0 heterocycles. The van der Waals surface area contributed by atoms with Gasteiger partial charge in [0.1, 0.15) is 0 Å². The van der Waals surface area contributed by atoms with E-state index in [4.69, 9.17) is 11.6 Å². The third-order valence-corrected chi connectivity index (χ3v) is 3.32. The average molecular weight is 289 g/mol. The van der Waals surface area contributed by atoms with Gasteiger partial charge in [0.15, 0.2) is 0 Å². The van der Waals surface area contributed by atoms with Crippen molar-refractivity contribution in [2.24, 2.45) is 0 Å². The fourth-order valence-electron chi connectivity index (χ4n) is 1.86. The molecule has 0 saturated heterocycles. The molecule has 0 spiro atoms. The van der Waals surface area contributed by atoms with E-state index in [0.717, 1.165) is 11.3 Å². The van der Waals surface area contributed by atoms with E-state index < -0.39 is 0 Å². The maximum absolute atomic E-state index is 12.1. The van der Waals surface area contributed by atoms with Crippen LogP contribution in [0.5, 0.6) is 0 Å². The van der Waals surface area contributed by atoms with Crippen LogP contribution >= 0.6 is 11.6 Å². The van der Waals surface area contributed by atoms with Gasteiger partial charge in [0.25, 0.3) is 0 Å². The summed E-state index contributed by atoms with van der Waals surface area (Å²) in [7, 11) is 1.80. The highest BCUT2D eigenvalue weighted by molar-refractivity contribution is 6.33. The number of rotatable bonds is 5. The highest BCUT2D eigenvalue weighted by Crippen LogP contribution is 2.20. The van der Waals surface area contributed by atoms with E-state index in [0.29, 0.717) is 11.6 Å². The molecule has 0 unspecified atom stereocenters. The lowest BCUT2D eigenvalue weighted by Gasteiger charge is -2.18. The summed E-state index contributed by atoms with van der Waals surface area (Å²) in [5, 5.41) is 3.67. The minimum Gasteiger partial charge on any atom is -0.375 e. The van der Waals surface area contributed by atoms with Crippen LogP contribution in [0.4, 0.5) is 5.69 Å². The van der Waals surface area contributed by atoms with Crippen molar-refractivity contribution >= 4 is 23.2 Å². The van der Waals surface area contributed by atoms with Crippen molar-refractivity contribution in [1.29, 1.82) is 0 Å². The molecular weight excluding hydrogens is 272 g/mol. The molecule has 0 aliphatic rings. The Morgan fingerprint density at radius 2 is 1.75 bits per heavy atom. The number of likely N-dealkylation sites (N-methyl/N-ethyl adjacent to an activating group) is 1. The standard InChI is InChI=1S/C16H17ClN2O/c1-19(12-13-7-3-2-4-8-13)16(20)11-18-15-10-6-5-9-14(15)17/h2-10,18H,11-12H2,1H3. The summed E-state index contributed by atoms with van der Waals surface area (Å²) in [5.41, 5.74) is 1.89. The Labute approximate surface area is 124 Å². The number of carbonyl (C=O) groups is 1. The van der Waals surface area contributed by atoms with Gasteiger partial charge >= 0.3 is 0 Å². The molecule has 3 nitrogen and oxygen atoms in total. The van der Waals surface area contributed by atoms with Crippen LogP contribution in [0.1, 0.15) is 5.56 Å². The van der Waals surface area contributed by atoms with Crippen molar-refractivity contribution < 1.29 is 4.79 Å². The number of nitrogens with one attached hydrogen (secondary N) is 1. The van der Waals surface area contributed by atoms with Gasteiger partial charge in [0.05, 0.1) is 17.3 Å². The van der Waals surface area contributed by atoms with Gasteiger partial charge < -0.3 is 10.2 Å². The minimum absolute atomic E-state index is 0.0220. The summed E-state index contributed by atoms with van der Waals surface area (Å²) in [4.78, 5) is 13.7. The molecule has 0 radical (unpaired) electrons. The largest absolute Gasteiger partial charge is 0.375 e. The Morgan fingerprint density at radius 3 is 2.45 bits per heavy atom. The van der Waals surface area contributed by atoms with Crippen LogP contribution in [0.15, 0.2) is 54.6 Å². The zero-order valence-electron chi connectivity index (χ0n) is 11.3. The number of amides is 1. The van der Waals surface area contributed by atoms with Gasteiger partial charge in [0.2, 0.25) is 5.91 Å². The van der Waals surface area contributed by atoms with Gasteiger partial charge in [-0.05, 0) is 17.7 Å². The Balaban J connectivity index is 1.87. The van der Waals surface area contributed by atoms with E-state index in [1.165, 1.54) is 0 Å². The zero-order chi connectivity index (χ0) is 14.4. The summed E-state index contributed by atoms with van der Waals surface area (Å²) in [6.45, 7) is 0.830. The molecule has 0 atom stereocenters. The van der Waals surface area contributed by atoms with Crippen molar-refractivity contribution in [2.45, 2.75) is 6.54 Å². The first kappa shape index (κ1) is 14.4. The highest BCUT2D eigenvalue weighted by Gasteiger charge is 2.09. The fourth-order valence-corrected chi connectivity index (χ4v) is 2.06. The lowest BCUT2D eigenvalue weighted by molar-refractivity contribution is -0.128. The number of hydrogen-bond donors (Lipinski definition) is 1. The maximum atomic E-state index is 12.1. The second-order valence-corrected chi connectivity index (χ2v) is 4.98. The minimum atomic E-state index is 0.0220. The zero-order valence-corrected chi connectivity index (χ0v) is 12.1. The number of anilines is 1. The van der Waals surface area contributed by atoms with Crippen LogP contribution in [-0.2, 0) is 11.3 Å². The Bertz CT molecular complexity index is 572. The number of halogens is 1. The van der Waals surface area contributed by atoms with Crippen molar-refractivity contribution in [1.82, 2.24) is 4.90 Å². The molecule has 0 bridgehead atoms. The molecule has 0 aromatic heterocycles. The second-order valence-electron chi connectivity index (χ2n) is 4.57. The van der Waals surface area contributed by atoms with Gasteiger partial charge in [-0.15, -0.1) is 0 Å². The van der Waals surface area contributed by atoms with Crippen LogP contribution in [0.25, 0.3) is 0 Å². The highest BCUT2D eigenvalue weighted by atomic mass is 35.5. The van der Waals surface area contributed by atoms with Gasteiger partial charge in [0, 0.05) is 13.6 Å². The fraction of sp³-hybridized carbons (Fsp3) is 0.188. The van der Waals surface area contributed by atoms with Crippen molar-refractivity contribution in [2.75, 3.05) is 18.9 Å². The molecule has 2 aromatic carbocycles. The average Bonchev–Trinajstić information content (AvgIpc) is 2.47. The number of nitrogens with zero attached hydrogens (tertiary/aromatic N) is 1. The normalized spacial score (nSPS) is 10.1. The molecule has 104 valence electrons. The van der Waals surface area contributed by atoms with E-state index in [9.17, 15) is 4.79 Å². The molecule has 20 heavy (non-hydrogen) atoms. The van der Waals surface area contributed by atoms with Crippen LogP contribution in [-0.4, -0.2) is 24.4 Å². The van der Waals surface area contributed by atoms with Gasteiger partial charge in [-0.2, -0.15) is 0 Å². The van der Waals surface area contributed by atoms with E-state index >= 15 is 0 Å². The van der Waals surface area contributed by atoms with Gasteiger partial charge in [-0.25, -0.2) is 0 Å². The van der Waals surface area contributed by atoms with Gasteiger partial charge in [-0.1, -0.05) is 54.1 Å². The van der Waals surface area contributed by atoms with Crippen molar-refractivity contribution in [3.05, 3.63) is 65.2 Å². The number of benzene rings is 2. The summed E-state index contributed by atoms with van der Waals surface area (Å²) in [5.74, 6) is 0.0220. The van der Waals surface area contributed by atoms with Crippen molar-refractivity contribution in [3.63, 3.8) is 0 Å². The lowest BCUT2D eigenvalue weighted by atomic mass is 10.2. The summed E-state index contributed by atoms with van der Waals surface area (Å²) < 4.78 is 0. The number of hydrogen-bond acceptors (Lipinski definition) is 2. The molecule has 1 amide bonds. The predicted molar refractivity (Wildman–Crippen MR) is 82.9 cm³/mol. The quantitative estimate of drug-likeness (QED) is 0.914. The molecule has 0 saturated carbocycles. The molecule has 0 fully saturated rings. The monoisotopic (exact) mass is 288 g/mol. The molecule has 0 aliphatic carbocycles. The Hall–Kier alpha value is -2.00. The van der Waals surface area contributed by atoms with Crippen LogP contribution in [0.2, 0.25) is 5.02 Å². The van der Waals surface area contributed by atoms with E-state index in [-0.39, 0.29) is 12.5 Å². The molecule has 1 N–H and O–H groups in total. The summed E-state index contributed by atoms with van der Waals surface area (Å²) >= 11 is 6.03. The number of carbonyl (C=O) groups excluding carboxylic acids is 1. The molecule has 2 rings (SSSR count). The smallest absolute Gasteiger partial charge is 0.241 e. The van der Waals surface area contributed by atoms with Crippen LogP contribution in [0, 0.1) is 0 Å². The lowest BCUT2D eigenvalue weighted by Crippen LogP contribution is -2.31. The first-order chi connectivity index (χ1) is 9.66. The van der Waals surface area contributed by atoms with Crippen LogP contribution < -0.4 is 5.32 Å². The first-order valence-corrected chi connectivity index (χ1v) is 6.81. The predicted octanol–water partition coefficient (Wildman–Crippen LogP) is 3.41. The summed E-state index contributed by atoms with van der Waals surface area (Å²) in [6.07, 6.45) is 0. The second kappa shape index (κ2) is 6.96. The van der Waals surface area contributed by atoms with E-state index in [1.807, 2.05) is 48.5 Å². The Kier molecular flexibility index (Phi) is 5.02. The molecular formula is C16H17ClN2O. The summed E-state index contributed by atoms with van der Waals surface area (Å²) in [6, 6.07) is 17.3. The van der Waals surface area contributed by atoms with E-state index in [2.05, 4.69) is 5.32 Å². The van der Waals surface area contributed by atoms with E-state index in [1.54, 1.807) is 18.0 Å². The van der Waals surface area contributed by atoms with Gasteiger partial charge in [-0.3, -0.25) is 4.79 Å².